The molecule has 0 unspecified atom stereocenters. The number of carbonyl (C=O) groups is 1. The van der Waals surface area contributed by atoms with Gasteiger partial charge in [-0.1, -0.05) is 6.92 Å². The normalized spacial score (nSPS) is 10.3. The molecule has 94 valence electrons. The molecular formula is C13H16N4O. The zero-order chi connectivity index (χ0) is 13.0. The van der Waals surface area contributed by atoms with Gasteiger partial charge in [0, 0.05) is 24.1 Å². The van der Waals surface area contributed by atoms with E-state index in [1.54, 1.807) is 29.3 Å². The summed E-state index contributed by atoms with van der Waals surface area (Å²) in [6.07, 6.45) is 2.45. The van der Waals surface area contributed by atoms with Crippen LogP contribution in [0.25, 0.3) is 0 Å². The number of aromatic amines is 1. The van der Waals surface area contributed by atoms with Crippen LogP contribution in [0.1, 0.15) is 23.8 Å². The Bertz CT molecular complexity index is 504. The average Bonchev–Trinajstić information content (AvgIpc) is 2.90. The number of amides is 1. The van der Waals surface area contributed by atoms with Crippen molar-refractivity contribution in [3.63, 3.8) is 0 Å². The van der Waals surface area contributed by atoms with E-state index in [2.05, 4.69) is 10.2 Å². The van der Waals surface area contributed by atoms with E-state index >= 15 is 0 Å². The third-order valence-electron chi connectivity index (χ3n) is 2.63. The Morgan fingerprint density at radius 3 is 2.61 bits per heavy atom. The van der Waals surface area contributed by atoms with E-state index in [1.807, 2.05) is 19.1 Å². The summed E-state index contributed by atoms with van der Waals surface area (Å²) in [6.45, 7) is 2.69. The standard InChI is InChI=1S/C13H16N4O/c1-2-9-17(11-5-3-10(14)4-6-11)13(18)12-7-8-15-16-12/h3-8H,2,9,14H2,1H3,(H,15,16). The van der Waals surface area contributed by atoms with Crippen molar-refractivity contribution >= 4 is 17.3 Å². The number of anilines is 2. The van der Waals surface area contributed by atoms with Crippen molar-refractivity contribution in [2.75, 3.05) is 17.2 Å². The Hall–Kier alpha value is -2.30. The highest BCUT2D eigenvalue weighted by Gasteiger charge is 2.17. The minimum absolute atomic E-state index is 0.0841. The van der Waals surface area contributed by atoms with Gasteiger partial charge in [-0.05, 0) is 36.8 Å². The van der Waals surface area contributed by atoms with E-state index in [0.717, 1.165) is 12.1 Å². The Morgan fingerprint density at radius 1 is 1.33 bits per heavy atom. The van der Waals surface area contributed by atoms with Crippen molar-refractivity contribution in [2.24, 2.45) is 0 Å². The second-order valence-electron chi connectivity index (χ2n) is 4.02. The first-order valence-corrected chi connectivity index (χ1v) is 5.89. The fourth-order valence-electron chi connectivity index (χ4n) is 1.75. The molecule has 0 atom stereocenters. The zero-order valence-corrected chi connectivity index (χ0v) is 10.3. The summed E-state index contributed by atoms with van der Waals surface area (Å²) < 4.78 is 0. The molecular weight excluding hydrogens is 228 g/mol. The van der Waals surface area contributed by atoms with Crippen molar-refractivity contribution < 1.29 is 4.79 Å². The van der Waals surface area contributed by atoms with Crippen LogP contribution < -0.4 is 10.6 Å². The largest absolute Gasteiger partial charge is 0.399 e. The van der Waals surface area contributed by atoms with Gasteiger partial charge in [0.05, 0.1) is 0 Å². The fourth-order valence-corrected chi connectivity index (χ4v) is 1.75. The van der Waals surface area contributed by atoms with Crippen molar-refractivity contribution in [2.45, 2.75) is 13.3 Å². The summed E-state index contributed by atoms with van der Waals surface area (Å²) in [7, 11) is 0. The molecule has 0 fully saturated rings. The number of aromatic nitrogens is 2. The average molecular weight is 244 g/mol. The molecule has 0 bridgehead atoms. The first-order chi connectivity index (χ1) is 8.72. The first kappa shape index (κ1) is 12.2. The van der Waals surface area contributed by atoms with Gasteiger partial charge in [0.15, 0.2) is 0 Å². The molecule has 1 aromatic heterocycles. The molecule has 0 saturated carbocycles. The van der Waals surface area contributed by atoms with Crippen LogP contribution in [0.15, 0.2) is 36.5 Å². The third-order valence-corrected chi connectivity index (χ3v) is 2.63. The Kier molecular flexibility index (Phi) is 3.62. The molecule has 0 aliphatic rings. The number of hydrogen-bond acceptors (Lipinski definition) is 3. The summed E-state index contributed by atoms with van der Waals surface area (Å²) in [4.78, 5) is 14.0. The smallest absolute Gasteiger partial charge is 0.276 e. The predicted molar refractivity (Wildman–Crippen MR) is 71.4 cm³/mol. The molecule has 5 nitrogen and oxygen atoms in total. The summed E-state index contributed by atoms with van der Waals surface area (Å²) >= 11 is 0. The van der Waals surface area contributed by atoms with Gasteiger partial charge >= 0.3 is 0 Å². The molecule has 0 saturated heterocycles. The lowest BCUT2D eigenvalue weighted by Crippen LogP contribution is -2.31. The van der Waals surface area contributed by atoms with Gasteiger partial charge in [-0.2, -0.15) is 5.10 Å². The number of nitrogen functional groups attached to an aromatic ring is 1. The summed E-state index contributed by atoms with van der Waals surface area (Å²) in [6, 6.07) is 8.94. The number of carbonyl (C=O) groups excluding carboxylic acids is 1. The molecule has 0 spiro atoms. The highest BCUT2D eigenvalue weighted by atomic mass is 16.2. The number of nitrogens with two attached hydrogens (primary N) is 1. The maximum atomic E-state index is 12.3. The van der Waals surface area contributed by atoms with Crippen LogP contribution in [-0.4, -0.2) is 22.6 Å². The van der Waals surface area contributed by atoms with Crippen LogP contribution in [-0.2, 0) is 0 Å². The molecule has 1 heterocycles. The number of rotatable bonds is 4. The van der Waals surface area contributed by atoms with Crippen LogP contribution in [0.3, 0.4) is 0 Å². The molecule has 18 heavy (non-hydrogen) atoms. The molecule has 2 rings (SSSR count). The number of nitrogens with one attached hydrogen (secondary N) is 1. The van der Waals surface area contributed by atoms with Gasteiger partial charge in [-0.25, -0.2) is 0 Å². The van der Waals surface area contributed by atoms with E-state index < -0.39 is 0 Å². The molecule has 3 N–H and O–H groups in total. The van der Waals surface area contributed by atoms with Gasteiger partial charge in [0.25, 0.3) is 5.91 Å². The van der Waals surface area contributed by atoms with E-state index in [1.165, 1.54) is 0 Å². The SMILES string of the molecule is CCCN(C(=O)c1ccn[nH]1)c1ccc(N)cc1. The van der Waals surface area contributed by atoms with Gasteiger partial charge in [0.1, 0.15) is 5.69 Å². The number of nitrogens with zero attached hydrogens (tertiary/aromatic N) is 2. The van der Waals surface area contributed by atoms with Gasteiger partial charge in [0.2, 0.25) is 0 Å². The Labute approximate surface area is 106 Å². The summed E-state index contributed by atoms with van der Waals surface area (Å²) in [5.74, 6) is -0.0841. The van der Waals surface area contributed by atoms with Crippen LogP contribution in [0, 0.1) is 0 Å². The molecule has 2 aromatic rings. The van der Waals surface area contributed by atoms with Crippen molar-refractivity contribution in [3.05, 3.63) is 42.2 Å². The number of benzene rings is 1. The van der Waals surface area contributed by atoms with E-state index in [0.29, 0.717) is 17.9 Å². The second kappa shape index (κ2) is 5.35. The van der Waals surface area contributed by atoms with Crippen LogP contribution in [0.5, 0.6) is 0 Å². The van der Waals surface area contributed by atoms with Crippen LogP contribution in [0.4, 0.5) is 11.4 Å². The van der Waals surface area contributed by atoms with Crippen molar-refractivity contribution in [1.82, 2.24) is 10.2 Å². The van der Waals surface area contributed by atoms with Gasteiger partial charge < -0.3 is 10.6 Å². The summed E-state index contributed by atoms with van der Waals surface area (Å²) in [5, 5.41) is 6.49. The second-order valence-corrected chi connectivity index (χ2v) is 4.02. The lowest BCUT2D eigenvalue weighted by atomic mass is 10.2. The molecule has 0 radical (unpaired) electrons. The number of H-pyrrole nitrogens is 1. The predicted octanol–water partition coefficient (Wildman–Crippen LogP) is 2.05. The maximum Gasteiger partial charge on any atom is 0.276 e. The highest BCUT2D eigenvalue weighted by Crippen LogP contribution is 2.18. The molecule has 5 heteroatoms. The summed E-state index contributed by atoms with van der Waals surface area (Å²) in [5.41, 5.74) is 7.66. The zero-order valence-electron chi connectivity index (χ0n) is 10.3. The van der Waals surface area contributed by atoms with Crippen LogP contribution in [0.2, 0.25) is 0 Å². The lowest BCUT2D eigenvalue weighted by Gasteiger charge is -2.21. The van der Waals surface area contributed by atoms with E-state index in [4.69, 9.17) is 5.73 Å². The fraction of sp³-hybridized carbons (Fsp3) is 0.231. The van der Waals surface area contributed by atoms with Crippen molar-refractivity contribution in [1.29, 1.82) is 0 Å². The van der Waals surface area contributed by atoms with E-state index in [-0.39, 0.29) is 5.91 Å². The maximum absolute atomic E-state index is 12.3. The molecule has 0 aliphatic heterocycles. The monoisotopic (exact) mass is 244 g/mol. The Morgan fingerprint density at radius 2 is 2.06 bits per heavy atom. The lowest BCUT2D eigenvalue weighted by molar-refractivity contribution is 0.0982. The Balaban J connectivity index is 2.28. The van der Waals surface area contributed by atoms with Gasteiger partial charge in [-0.15, -0.1) is 0 Å². The van der Waals surface area contributed by atoms with E-state index in [9.17, 15) is 4.79 Å². The van der Waals surface area contributed by atoms with Gasteiger partial charge in [-0.3, -0.25) is 9.89 Å². The van der Waals surface area contributed by atoms with Crippen LogP contribution >= 0.6 is 0 Å². The topological polar surface area (TPSA) is 75.0 Å². The minimum Gasteiger partial charge on any atom is -0.399 e. The highest BCUT2D eigenvalue weighted by molar-refractivity contribution is 6.04. The molecule has 0 aliphatic carbocycles. The quantitative estimate of drug-likeness (QED) is 0.808. The third kappa shape index (κ3) is 2.51. The van der Waals surface area contributed by atoms with Crippen molar-refractivity contribution in [3.8, 4) is 0 Å². The minimum atomic E-state index is -0.0841. The number of hydrogen-bond donors (Lipinski definition) is 2. The molecule has 1 aromatic carbocycles. The molecule has 1 amide bonds. The first-order valence-electron chi connectivity index (χ1n) is 5.89.